The monoisotopic (exact) mass is 171 g/mol. The van der Waals surface area contributed by atoms with E-state index in [0.29, 0.717) is 0 Å². The molecule has 1 fully saturated rings. The van der Waals surface area contributed by atoms with Crippen LogP contribution in [0.25, 0.3) is 0 Å². The molecule has 3 nitrogen and oxygen atoms in total. The smallest absolute Gasteiger partial charge is 0.323 e. The van der Waals surface area contributed by atoms with E-state index < -0.39 is 11.5 Å². The van der Waals surface area contributed by atoms with Crippen LogP contribution in [0.2, 0.25) is 0 Å². The Kier molecular flexibility index (Phi) is 2.73. The van der Waals surface area contributed by atoms with Crippen LogP contribution in [-0.4, -0.2) is 35.1 Å². The number of hydrogen-bond acceptors (Lipinski definition) is 2. The summed E-state index contributed by atoms with van der Waals surface area (Å²) in [6.07, 6.45) is 4.10. The summed E-state index contributed by atoms with van der Waals surface area (Å²) in [4.78, 5) is 13.0. The Morgan fingerprint density at radius 3 is 2.67 bits per heavy atom. The number of likely N-dealkylation sites (N-methyl/N-ethyl adjacent to an activating group) is 1. The number of likely N-dealkylation sites (tertiary alicyclic amines) is 1. The molecule has 3 heteroatoms. The lowest BCUT2D eigenvalue weighted by Crippen LogP contribution is -2.49. The summed E-state index contributed by atoms with van der Waals surface area (Å²) in [7, 11) is 1.90. The second-order valence-corrected chi connectivity index (χ2v) is 3.81. The summed E-state index contributed by atoms with van der Waals surface area (Å²) >= 11 is 0. The molecule has 0 aromatic carbocycles. The zero-order chi connectivity index (χ0) is 9.19. The molecule has 1 aliphatic rings. The fraction of sp³-hybridized carbons (Fsp3) is 0.889. The number of aliphatic carboxylic acids is 1. The van der Waals surface area contributed by atoms with Crippen LogP contribution in [0.1, 0.15) is 32.6 Å². The van der Waals surface area contributed by atoms with Gasteiger partial charge in [-0.1, -0.05) is 12.8 Å². The van der Waals surface area contributed by atoms with Crippen molar-refractivity contribution in [1.82, 2.24) is 4.90 Å². The van der Waals surface area contributed by atoms with Crippen LogP contribution in [0.3, 0.4) is 0 Å². The summed E-state index contributed by atoms with van der Waals surface area (Å²) in [6, 6.07) is 0. The van der Waals surface area contributed by atoms with Gasteiger partial charge in [0.25, 0.3) is 0 Å². The van der Waals surface area contributed by atoms with E-state index in [9.17, 15) is 4.79 Å². The number of rotatable bonds is 1. The van der Waals surface area contributed by atoms with E-state index in [4.69, 9.17) is 5.11 Å². The van der Waals surface area contributed by atoms with Gasteiger partial charge < -0.3 is 5.11 Å². The molecule has 0 aliphatic carbocycles. The highest BCUT2D eigenvalue weighted by atomic mass is 16.4. The number of nitrogens with zero attached hydrogens (tertiary/aromatic N) is 1. The Bertz CT molecular complexity index is 181. The summed E-state index contributed by atoms with van der Waals surface area (Å²) in [5, 5.41) is 9.05. The molecule has 0 bridgehead atoms. The van der Waals surface area contributed by atoms with Gasteiger partial charge in [0.15, 0.2) is 0 Å². The predicted molar refractivity (Wildman–Crippen MR) is 47.1 cm³/mol. The molecule has 0 spiro atoms. The molecule has 1 N–H and O–H groups in total. The summed E-state index contributed by atoms with van der Waals surface area (Å²) in [5.41, 5.74) is -0.628. The summed E-state index contributed by atoms with van der Waals surface area (Å²) in [5.74, 6) is -0.688. The van der Waals surface area contributed by atoms with Crippen molar-refractivity contribution in [2.45, 2.75) is 38.1 Å². The summed E-state index contributed by atoms with van der Waals surface area (Å²) in [6.45, 7) is 2.73. The quantitative estimate of drug-likeness (QED) is 0.647. The van der Waals surface area contributed by atoms with Gasteiger partial charge in [0.2, 0.25) is 0 Å². The topological polar surface area (TPSA) is 40.5 Å². The van der Waals surface area contributed by atoms with Crippen molar-refractivity contribution in [2.75, 3.05) is 13.6 Å². The molecule has 0 unspecified atom stereocenters. The van der Waals surface area contributed by atoms with Gasteiger partial charge in [-0.05, 0) is 33.4 Å². The lowest BCUT2D eigenvalue weighted by atomic mass is 9.95. The molecule has 1 atom stereocenters. The lowest BCUT2D eigenvalue weighted by molar-refractivity contribution is -0.149. The Morgan fingerprint density at radius 1 is 1.42 bits per heavy atom. The SMILES string of the molecule is CN1CCCCC[C@@]1(C)C(=O)O. The normalized spacial score (nSPS) is 32.8. The van der Waals surface area contributed by atoms with Crippen molar-refractivity contribution in [3.05, 3.63) is 0 Å². The first-order valence-corrected chi connectivity index (χ1v) is 4.52. The zero-order valence-electron chi connectivity index (χ0n) is 7.84. The highest BCUT2D eigenvalue weighted by Gasteiger charge is 2.37. The first-order valence-electron chi connectivity index (χ1n) is 4.52. The number of carbonyl (C=O) groups is 1. The van der Waals surface area contributed by atoms with Gasteiger partial charge >= 0.3 is 5.97 Å². The van der Waals surface area contributed by atoms with E-state index in [-0.39, 0.29) is 0 Å². The molecule has 0 saturated carbocycles. The minimum atomic E-state index is -0.688. The van der Waals surface area contributed by atoms with Crippen molar-refractivity contribution in [2.24, 2.45) is 0 Å². The number of carboxylic acid groups (broad SMARTS) is 1. The van der Waals surface area contributed by atoms with Crippen LogP contribution in [-0.2, 0) is 4.79 Å². The van der Waals surface area contributed by atoms with E-state index in [0.717, 1.165) is 32.2 Å². The summed E-state index contributed by atoms with van der Waals surface area (Å²) < 4.78 is 0. The highest BCUT2D eigenvalue weighted by molar-refractivity contribution is 5.78. The molecule has 0 aromatic heterocycles. The van der Waals surface area contributed by atoms with Gasteiger partial charge in [0, 0.05) is 0 Å². The van der Waals surface area contributed by atoms with E-state index in [2.05, 4.69) is 0 Å². The number of carboxylic acids is 1. The average Bonchev–Trinajstić information content (AvgIpc) is 2.16. The van der Waals surface area contributed by atoms with Crippen LogP contribution >= 0.6 is 0 Å². The van der Waals surface area contributed by atoms with Crippen LogP contribution in [0.5, 0.6) is 0 Å². The Balaban J connectivity index is 2.75. The van der Waals surface area contributed by atoms with E-state index in [1.807, 2.05) is 18.9 Å². The van der Waals surface area contributed by atoms with E-state index >= 15 is 0 Å². The minimum Gasteiger partial charge on any atom is -0.480 e. The molecule has 0 radical (unpaired) electrons. The third kappa shape index (κ3) is 1.61. The van der Waals surface area contributed by atoms with Crippen LogP contribution < -0.4 is 0 Å². The van der Waals surface area contributed by atoms with E-state index in [1.165, 1.54) is 0 Å². The lowest BCUT2D eigenvalue weighted by Gasteiger charge is -2.32. The zero-order valence-corrected chi connectivity index (χ0v) is 7.84. The molecule has 1 rings (SSSR count). The molecule has 1 aliphatic heterocycles. The van der Waals surface area contributed by atoms with Crippen molar-refractivity contribution < 1.29 is 9.90 Å². The number of hydrogen-bond donors (Lipinski definition) is 1. The van der Waals surface area contributed by atoms with Crippen molar-refractivity contribution >= 4 is 5.97 Å². The molecule has 12 heavy (non-hydrogen) atoms. The van der Waals surface area contributed by atoms with Gasteiger partial charge in [0.05, 0.1) is 0 Å². The van der Waals surface area contributed by atoms with Gasteiger partial charge in [-0.2, -0.15) is 0 Å². The van der Waals surface area contributed by atoms with Gasteiger partial charge in [-0.3, -0.25) is 9.69 Å². The standard InChI is InChI=1S/C9H17NO2/c1-9(8(11)12)6-4-3-5-7-10(9)2/h3-7H2,1-2H3,(H,11,12)/t9-/m0/s1. The van der Waals surface area contributed by atoms with Crippen LogP contribution in [0.4, 0.5) is 0 Å². The molecular formula is C9H17NO2. The Hall–Kier alpha value is -0.570. The van der Waals surface area contributed by atoms with Gasteiger partial charge in [0.1, 0.15) is 5.54 Å². The molecule has 0 aromatic rings. The average molecular weight is 171 g/mol. The molecular weight excluding hydrogens is 154 g/mol. The fourth-order valence-corrected chi connectivity index (χ4v) is 1.70. The first kappa shape index (κ1) is 9.52. The molecule has 1 heterocycles. The maximum atomic E-state index is 11.0. The van der Waals surface area contributed by atoms with Gasteiger partial charge in [-0.25, -0.2) is 0 Å². The Morgan fingerprint density at radius 2 is 2.08 bits per heavy atom. The predicted octanol–water partition coefficient (Wildman–Crippen LogP) is 1.34. The molecule has 70 valence electrons. The minimum absolute atomic E-state index is 0.628. The van der Waals surface area contributed by atoms with Crippen molar-refractivity contribution in [1.29, 1.82) is 0 Å². The van der Waals surface area contributed by atoms with Crippen molar-refractivity contribution in [3.63, 3.8) is 0 Å². The van der Waals surface area contributed by atoms with Gasteiger partial charge in [-0.15, -0.1) is 0 Å². The molecule has 0 amide bonds. The van der Waals surface area contributed by atoms with Crippen LogP contribution in [0, 0.1) is 0 Å². The Labute approximate surface area is 73.4 Å². The van der Waals surface area contributed by atoms with Crippen molar-refractivity contribution in [3.8, 4) is 0 Å². The highest BCUT2D eigenvalue weighted by Crippen LogP contribution is 2.25. The second kappa shape index (κ2) is 3.44. The maximum absolute atomic E-state index is 11.0. The maximum Gasteiger partial charge on any atom is 0.323 e. The third-order valence-electron chi connectivity index (χ3n) is 2.96. The second-order valence-electron chi connectivity index (χ2n) is 3.81. The third-order valence-corrected chi connectivity index (χ3v) is 2.96. The first-order chi connectivity index (χ1) is 5.57. The largest absolute Gasteiger partial charge is 0.480 e. The van der Waals surface area contributed by atoms with Crippen LogP contribution in [0.15, 0.2) is 0 Å². The van der Waals surface area contributed by atoms with E-state index in [1.54, 1.807) is 0 Å². The molecule has 1 saturated heterocycles. The fourth-order valence-electron chi connectivity index (χ4n) is 1.70.